The summed E-state index contributed by atoms with van der Waals surface area (Å²) in [6, 6.07) is 8.85. The predicted molar refractivity (Wildman–Crippen MR) is 107 cm³/mol. The normalized spacial score (nSPS) is 12.9. The molecule has 0 saturated heterocycles. The van der Waals surface area contributed by atoms with Gasteiger partial charge in [-0.25, -0.2) is 13.1 Å². The average molecular weight is 393 g/mol. The van der Waals surface area contributed by atoms with Gasteiger partial charge < -0.3 is 10.6 Å². The Kier molecular flexibility index (Phi) is 6.61. The van der Waals surface area contributed by atoms with Gasteiger partial charge in [0.15, 0.2) is 5.96 Å². The molecule has 3 N–H and O–H groups in total. The van der Waals surface area contributed by atoms with Crippen molar-refractivity contribution in [1.29, 1.82) is 0 Å². The van der Waals surface area contributed by atoms with E-state index in [0.717, 1.165) is 5.69 Å². The summed E-state index contributed by atoms with van der Waals surface area (Å²) < 4.78 is 29.9. The Morgan fingerprint density at radius 3 is 2.41 bits per heavy atom. The van der Waals surface area contributed by atoms with E-state index in [4.69, 9.17) is 0 Å². The molecule has 0 aliphatic heterocycles. The summed E-state index contributed by atoms with van der Waals surface area (Å²) in [4.78, 5) is 4.44. The van der Waals surface area contributed by atoms with Crippen LogP contribution in [-0.2, 0) is 30.2 Å². The van der Waals surface area contributed by atoms with E-state index < -0.39 is 15.6 Å². The van der Waals surface area contributed by atoms with E-state index in [1.54, 1.807) is 36.1 Å². The lowest BCUT2D eigenvalue weighted by molar-refractivity contribution is 0.491. The first kappa shape index (κ1) is 20.9. The maximum atomic E-state index is 12.7. The van der Waals surface area contributed by atoms with Crippen molar-refractivity contribution in [3.05, 3.63) is 47.8 Å². The van der Waals surface area contributed by atoms with Crippen molar-refractivity contribution in [2.24, 2.45) is 12.0 Å². The van der Waals surface area contributed by atoms with Crippen molar-refractivity contribution in [3.8, 4) is 0 Å². The van der Waals surface area contributed by atoms with Crippen LogP contribution in [0.3, 0.4) is 0 Å². The summed E-state index contributed by atoms with van der Waals surface area (Å²) >= 11 is 0. The lowest BCUT2D eigenvalue weighted by Gasteiger charge is -2.22. The van der Waals surface area contributed by atoms with Gasteiger partial charge >= 0.3 is 0 Å². The molecule has 0 aliphatic carbocycles. The summed E-state index contributed by atoms with van der Waals surface area (Å²) in [5, 5.41) is 10.5. The van der Waals surface area contributed by atoms with Gasteiger partial charge in [-0.05, 0) is 38.5 Å². The van der Waals surface area contributed by atoms with Gasteiger partial charge in [0.05, 0.1) is 17.1 Å². The third kappa shape index (κ3) is 6.07. The van der Waals surface area contributed by atoms with E-state index in [-0.39, 0.29) is 4.90 Å². The average Bonchev–Trinajstić information content (AvgIpc) is 2.98. The van der Waals surface area contributed by atoms with Crippen LogP contribution in [0.5, 0.6) is 0 Å². The number of aryl methyl sites for hydroxylation is 1. The Labute approximate surface area is 161 Å². The minimum absolute atomic E-state index is 0.259. The quantitative estimate of drug-likeness (QED) is 0.509. The van der Waals surface area contributed by atoms with Gasteiger partial charge in [0.1, 0.15) is 0 Å². The molecule has 8 nitrogen and oxygen atoms in total. The molecule has 1 aromatic heterocycles. The van der Waals surface area contributed by atoms with Gasteiger partial charge in [-0.1, -0.05) is 18.2 Å². The summed E-state index contributed by atoms with van der Waals surface area (Å²) in [5.41, 5.74) is 1.12. The molecule has 2 rings (SSSR count). The van der Waals surface area contributed by atoms with Crippen LogP contribution in [0.15, 0.2) is 46.4 Å². The zero-order valence-corrected chi connectivity index (χ0v) is 17.3. The van der Waals surface area contributed by atoms with E-state index in [1.165, 1.54) is 0 Å². The highest BCUT2D eigenvalue weighted by Gasteiger charge is 2.24. The van der Waals surface area contributed by atoms with Crippen LogP contribution in [0, 0.1) is 0 Å². The van der Waals surface area contributed by atoms with Crippen molar-refractivity contribution in [2.75, 3.05) is 7.05 Å². The molecular weight excluding hydrogens is 364 g/mol. The second-order valence-corrected chi connectivity index (χ2v) is 8.84. The number of nitrogens with one attached hydrogen (secondary N) is 3. The minimum atomic E-state index is -3.62. The molecule has 0 aliphatic rings. The minimum Gasteiger partial charge on any atom is -0.352 e. The summed E-state index contributed by atoms with van der Waals surface area (Å²) in [7, 11) is -0.0779. The number of aliphatic imine (C=N–C) groups is 1. The standard InChI is InChI=1S/C18H28N6O2S/c1-18(2,3)23-27(25,26)16-9-7-6-8-14(16)12-20-17(19-4)21-13-15-10-11-22-24(15)5/h6-11,23H,12-13H2,1-5H3,(H2,19,20,21). The van der Waals surface area contributed by atoms with E-state index >= 15 is 0 Å². The second-order valence-electron chi connectivity index (χ2n) is 7.19. The maximum absolute atomic E-state index is 12.7. The molecule has 0 fully saturated rings. The largest absolute Gasteiger partial charge is 0.352 e. The number of hydrogen-bond acceptors (Lipinski definition) is 4. The Bertz CT molecular complexity index is 897. The fourth-order valence-electron chi connectivity index (χ4n) is 2.52. The maximum Gasteiger partial charge on any atom is 0.241 e. The van der Waals surface area contributed by atoms with E-state index in [2.05, 4.69) is 25.4 Å². The first-order valence-corrected chi connectivity index (χ1v) is 10.1. The van der Waals surface area contributed by atoms with Gasteiger partial charge in [0.2, 0.25) is 10.0 Å². The van der Waals surface area contributed by atoms with E-state index in [0.29, 0.717) is 24.6 Å². The molecule has 0 bridgehead atoms. The highest BCUT2D eigenvalue weighted by molar-refractivity contribution is 7.89. The number of hydrogen-bond donors (Lipinski definition) is 3. The SMILES string of the molecule is CN=C(NCc1ccccc1S(=O)(=O)NC(C)(C)C)NCc1ccnn1C. The molecule has 2 aromatic rings. The van der Waals surface area contributed by atoms with E-state index in [1.807, 2.05) is 40.0 Å². The molecule has 9 heteroatoms. The van der Waals surface area contributed by atoms with Crippen LogP contribution in [-0.4, -0.2) is 36.7 Å². The molecule has 0 amide bonds. The molecule has 1 heterocycles. The van der Waals surface area contributed by atoms with Gasteiger partial charge in [-0.15, -0.1) is 0 Å². The third-order valence-electron chi connectivity index (χ3n) is 3.73. The monoisotopic (exact) mass is 392 g/mol. The number of aromatic nitrogens is 2. The van der Waals surface area contributed by atoms with Crippen LogP contribution in [0.4, 0.5) is 0 Å². The highest BCUT2D eigenvalue weighted by Crippen LogP contribution is 2.17. The highest BCUT2D eigenvalue weighted by atomic mass is 32.2. The van der Waals surface area contributed by atoms with Crippen molar-refractivity contribution in [2.45, 2.75) is 44.3 Å². The van der Waals surface area contributed by atoms with E-state index in [9.17, 15) is 8.42 Å². The molecule has 0 spiro atoms. The van der Waals surface area contributed by atoms with Crippen LogP contribution in [0.2, 0.25) is 0 Å². The fraction of sp³-hybridized carbons (Fsp3) is 0.444. The first-order chi connectivity index (χ1) is 12.6. The topological polar surface area (TPSA) is 100 Å². The Morgan fingerprint density at radius 1 is 1.15 bits per heavy atom. The van der Waals surface area contributed by atoms with Crippen molar-refractivity contribution in [1.82, 2.24) is 25.1 Å². The number of sulfonamides is 1. The lowest BCUT2D eigenvalue weighted by atomic mass is 10.1. The molecule has 1 aromatic carbocycles. The van der Waals surface area contributed by atoms with Crippen molar-refractivity contribution in [3.63, 3.8) is 0 Å². The Balaban J connectivity index is 2.08. The van der Waals surface area contributed by atoms with Gasteiger partial charge in [-0.2, -0.15) is 5.10 Å². The Morgan fingerprint density at radius 2 is 1.81 bits per heavy atom. The van der Waals surface area contributed by atoms with Crippen LogP contribution in [0.1, 0.15) is 32.0 Å². The fourth-order valence-corrected chi connectivity index (χ4v) is 4.18. The van der Waals surface area contributed by atoms with Crippen molar-refractivity contribution < 1.29 is 8.42 Å². The summed E-state index contributed by atoms with van der Waals surface area (Å²) in [5.74, 6) is 0.576. The van der Waals surface area contributed by atoms with Crippen LogP contribution < -0.4 is 15.4 Å². The second kappa shape index (κ2) is 8.53. The predicted octanol–water partition coefficient (Wildman–Crippen LogP) is 1.36. The third-order valence-corrected chi connectivity index (χ3v) is 5.59. The molecule has 148 valence electrons. The summed E-state index contributed by atoms with van der Waals surface area (Å²) in [6.45, 7) is 6.33. The molecule has 0 unspecified atom stereocenters. The van der Waals surface area contributed by atoms with Gasteiger partial charge in [-0.3, -0.25) is 9.67 Å². The van der Waals surface area contributed by atoms with Gasteiger partial charge in [0.25, 0.3) is 0 Å². The number of rotatable bonds is 6. The Hall–Kier alpha value is -2.39. The van der Waals surface area contributed by atoms with Gasteiger partial charge in [0, 0.05) is 32.4 Å². The zero-order valence-electron chi connectivity index (χ0n) is 16.4. The van der Waals surface area contributed by atoms with Crippen LogP contribution >= 0.6 is 0 Å². The molecule has 27 heavy (non-hydrogen) atoms. The summed E-state index contributed by atoms with van der Waals surface area (Å²) in [6.07, 6.45) is 1.73. The smallest absolute Gasteiger partial charge is 0.241 e. The van der Waals surface area contributed by atoms with Crippen molar-refractivity contribution >= 4 is 16.0 Å². The number of nitrogens with zero attached hydrogens (tertiary/aromatic N) is 3. The number of benzene rings is 1. The molecule has 0 atom stereocenters. The lowest BCUT2D eigenvalue weighted by Crippen LogP contribution is -2.41. The molecule has 0 saturated carbocycles. The van der Waals surface area contributed by atoms with Crippen LogP contribution in [0.25, 0.3) is 0 Å². The molecule has 0 radical (unpaired) electrons. The molecular formula is C18H28N6O2S. The number of guanidine groups is 1. The zero-order chi connectivity index (χ0) is 20.1. The first-order valence-electron chi connectivity index (χ1n) is 8.65.